The fourth-order valence-corrected chi connectivity index (χ4v) is 6.92. The molecule has 0 spiro atoms. The summed E-state index contributed by atoms with van der Waals surface area (Å²) in [6, 6.07) is 6.85. The third kappa shape index (κ3) is 3.42. The zero-order chi connectivity index (χ0) is 17.8. The third-order valence-electron chi connectivity index (χ3n) is 5.78. The summed E-state index contributed by atoms with van der Waals surface area (Å²) in [6.45, 7) is 0. The standard InChI is InChI=1S/C18H22BrO5P/c1-23-17(12-3-2-4-15(7-12)24-25(20,21)22)16-13-5-11-6-14(16)10-18(19,8-11)9-13/h2-4,7,11,13-14H,5-6,8-10H2,1H3,(H2,20,21,22). The smallest absolute Gasteiger partial charge is 0.496 e. The van der Waals surface area contributed by atoms with Crippen molar-refractivity contribution in [3.05, 3.63) is 35.4 Å². The molecule has 4 aliphatic rings. The van der Waals surface area contributed by atoms with Crippen molar-refractivity contribution in [3.63, 3.8) is 0 Å². The first kappa shape index (κ1) is 17.6. The molecule has 2 atom stereocenters. The molecular weight excluding hydrogens is 407 g/mol. The molecule has 25 heavy (non-hydrogen) atoms. The molecule has 0 saturated heterocycles. The van der Waals surface area contributed by atoms with E-state index in [9.17, 15) is 4.57 Å². The number of ether oxygens (including phenoxy) is 1. The summed E-state index contributed by atoms with van der Waals surface area (Å²) in [7, 11) is -2.90. The predicted octanol–water partition coefficient (Wildman–Crippen LogP) is 4.49. The molecule has 0 aromatic heterocycles. The van der Waals surface area contributed by atoms with E-state index in [-0.39, 0.29) is 10.1 Å². The lowest BCUT2D eigenvalue weighted by Crippen LogP contribution is -2.48. The second kappa shape index (κ2) is 6.12. The highest BCUT2D eigenvalue weighted by molar-refractivity contribution is 9.10. The molecule has 4 bridgehead atoms. The lowest BCUT2D eigenvalue weighted by atomic mass is 9.53. The van der Waals surface area contributed by atoms with Crippen LogP contribution in [0.3, 0.4) is 0 Å². The number of halogens is 1. The van der Waals surface area contributed by atoms with Gasteiger partial charge in [-0.3, -0.25) is 9.79 Å². The number of rotatable bonds is 4. The Morgan fingerprint density at radius 3 is 2.48 bits per heavy atom. The van der Waals surface area contributed by atoms with Crippen molar-refractivity contribution < 1.29 is 23.6 Å². The Labute approximate surface area is 155 Å². The van der Waals surface area contributed by atoms with Gasteiger partial charge in [0.05, 0.1) is 7.11 Å². The molecule has 5 rings (SSSR count). The van der Waals surface area contributed by atoms with Gasteiger partial charge in [-0.15, -0.1) is 0 Å². The first-order chi connectivity index (χ1) is 11.8. The fraction of sp³-hybridized carbons (Fsp3) is 0.556. The summed E-state index contributed by atoms with van der Waals surface area (Å²) in [5, 5.41) is 0. The van der Waals surface area contributed by atoms with Gasteiger partial charge in [0.2, 0.25) is 0 Å². The van der Waals surface area contributed by atoms with E-state index in [1.165, 1.54) is 24.8 Å². The minimum atomic E-state index is -4.57. The maximum absolute atomic E-state index is 11.1. The molecule has 2 unspecified atom stereocenters. The Hall–Kier alpha value is -0.810. The molecule has 136 valence electrons. The number of methoxy groups -OCH3 is 1. The second-order valence-electron chi connectivity index (χ2n) is 7.59. The highest BCUT2D eigenvalue weighted by Gasteiger charge is 2.53. The summed E-state index contributed by atoms with van der Waals surface area (Å²) < 4.78 is 21.9. The van der Waals surface area contributed by atoms with Crippen LogP contribution in [0.15, 0.2) is 29.8 Å². The molecule has 4 saturated carbocycles. The van der Waals surface area contributed by atoms with Crippen LogP contribution in [0.25, 0.3) is 5.76 Å². The van der Waals surface area contributed by atoms with Gasteiger partial charge in [0.25, 0.3) is 0 Å². The lowest BCUT2D eigenvalue weighted by Gasteiger charge is -2.56. The molecule has 0 heterocycles. The number of phosphoric ester groups is 1. The monoisotopic (exact) mass is 428 g/mol. The maximum Gasteiger partial charge on any atom is 0.524 e. The quantitative estimate of drug-likeness (QED) is 0.419. The SMILES string of the molecule is COC(=C1C2CC3CC1CC(Br)(C3)C2)c1cccc(OP(=O)(O)O)c1. The summed E-state index contributed by atoms with van der Waals surface area (Å²) in [6.07, 6.45) is 5.98. The first-order valence-corrected chi connectivity index (χ1v) is 10.9. The summed E-state index contributed by atoms with van der Waals surface area (Å²) >= 11 is 3.99. The topological polar surface area (TPSA) is 76.0 Å². The Bertz CT molecular complexity index is 752. The van der Waals surface area contributed by atoms with E-state index >= 15 is 0 Å². The van der Waals surface area contributed by atoms with Crippen LogP contribution < -0.4 is 4.52 Å². The van der Waals surface area contributed by atoms with Crippen LogP contribution in [-0.2, 0) is 9.30 Å². The molecule has 1 aromatic carbocycles. The molecule has 0 radical (unpaired) electrons. The zero-order valence-electron chi connectivity index (χ0n) is 14.0. The number of hydrogen-bond acceptors (Lipinski definition) is 3. The Kier molecular flexibility index (Phi) is 4.31. The van der Waals surface area contributed by atoms with Gasteiger partial charge in [-0.1, -0.05) is 28.1 Å². The van der Waals surface area contributed by atoms with Crippen LogP contribution in [0.4, 0.5) is 0 Å². The van der Waals surface area contributed by atoms with E-state index in [1.54, 1.807) is 25.3 Å². The van der Waals surface area contributed by atoms with Gasteiger partial charge in [0, 0.05) is 9.89 Å². The van der Waals surface area contributed by atoms with Crippen molar-refractivity contribution in [2.75, 3.05) is 7.11 Å². The van der Waals surface area contributed by atoms with Gasteiger partial charge in [0.15, 0.2) is 0 Å². The average Bonchev–Trinajstić information content (AvgIpc) is 2.47. The number of hydrogen-bond donors (Lipinski definition) is 2. The minimum Gasteiger partial charge on any atom is -0.496 e. The van der Waals surface area contributed by atoms with Crippen molar-refractivity contribution in [1.29, 1.82) is 0 Å². The van der Waals surface area contributed by atoms with E-state index in [0.29, 0.717) is 11.8 Å². The summed E-state index contributed by atoms with van der Waals surface area (Å²) in [5.74, 6) is 2.84. The van der Waals surface area contributed by atoms with Gasteiger partial charge < -0.3 is 9.26 Å². The maximum atomic E-state index is 11.1. The van der Waals surface area contributed by atoms with Crippen LogP contribution in [0, 0.1) is 17.8 Å². The molecule has 4 fully saturated rings. The van der Waals surface area contributed by atoms with Crippen LogP contribution in [-0.4, -0.2) is 21.2 Å². The van der Waals surface area contributed by atoms with Crippen LogP contribution in [0.2, 0.25) is 0 Å². The van der Waals surface area contributed by atoms with Gasteiger partial charge >= 0.3 is 7.82 Å². The zero-order valence-corrected chi connectivity index (χ0v) is 16.5. The largest absolute Gasteiger partial charge is 0.524 e. The van der Waals surface area contributed by atoms with Crippen molar-refractivity contribution in [1.82, 2.24) is 0 Å². The number of benzene rings is 1. The minimum absolute atomic E-state index is 0.154. The molecule has 1 aromatic rings. The van der Waals surface area contributed by atoms with Crippen LogP contribution >= 0.6 is 23.8 Å². The van der Waals surface area contributed by atoms with Crippen LogP contribution in [0.1, 0.15) is 37.7 Å². The van der Waals surface area contributed by atoms with Crippen molar-refractivity contribution in [2.24, 2.45) is 17.8 Å². The number of phosphoric acid groups is 1. The van der Waals surface area contributed by atoms with Crippen molar-refractivity contribution >= 4 is 29.5 Å². The molecule has 4 aliphatic carbocycles. The van der Waals surface area contributed by atoms with Gasteiger partial charge in [-0.05, 0) is 67.6 Å². The second-order valence-corrected chi connectivity index (χ2v) is 10.4. The number of allylic oxidation sites excluding steroid dienone is 1. The Morgan fingerprint density at radius 2 is 1.92 bits per heavy atom. The highest BCUT2D eigenvalue weighted by Crippen LogP contribution is 2.62. The van der Waals surface area contributed by atoms with E-state index in [0.717, 1.165) is 30.1 Å². The van der Waals surface area contributed by atoms with Gasteiger partial charge in [0.1, 0.15) is 11.5 Å². The van der Waals surface area contributed by atoms with Crippen molar-refractivity contribution in [3.8, 4) is 5.75 Å². The fourth-order valence-electron chi connectivity index (χ4n) is 5.30. The average molecular weight is 429 g/mol. The summed E-state index contributed by atoms with van der Waals surface area (Å²) in [5.41, 5.74) is 2.20. The van der Waals surface area contributed by atoms with Gasteiger partial charge in [-0.2, -0.15) is 0 Å². The van der Waals surface area contributed by atoms with E-state index in [2.05, 4.69) is 15.9 Å². The molecule has 0 amide bonds. The van der Waals surface area contributed by atoms with Crippen LogP contribution in [0.5, 0.6) is 5.75 Å². The van der Waals surface area contributed by atoms with Crippen molar-refractivity contribution in [2.45, 2.75) is 36.4 Å². The van der Waals surface area contributed by atoms with E-state index in [1.807, 2.05) is 6.07 Å². The predicted molar refractivity (Wildman–Crippen MR) is 98.3 cm³/mol. The molecule has 5 nitrogen and oxygen atoms in total. The first-order valence-electron chi connectivity index (χ1n) is 8.59. The molecule has 2 N–H and O–H groups in total. The Balaban J connectivity index is 1.72. The Morgan fingerprint density at radius 1 is 1.24 bits per heavy atom. The molecular formula is C18H22BrO5P. The summed E-state index contributed by atoms with van der Waals surface area (Å²) in [4.78, 5) is 18.1. The van der Waals surface area contributed by atoms with Gasteiger partial charge in [-0.25, -0.2) is 4.57 Å². The van der Waals surface area contributed by atoms with E-state index < -0.39 is 7.82 Å². The molecule has 7 heteroatoms. The lowest BCUT2D eigenvalue weighted by molar-refractivity contribution is 0.0916. The third-order valence-corrected chi connectivity index (χ3v) is 7.20. The number of alkyl halides is 1. The van der Waals surface area contributed by atoms with E-state index in [4.69, 9.17) is 19.0 Å². The highest BCUT2D eigenvalue weighted by atomic mass is 79.9. The molecule has 0 aliphatic heterocycles. The normalized spacial score (nSPS) is 33.4.